The van der Waals surface area contributed by atoms with Gasteiger partial charge in [-0.1, -0.05) is 26.2 Å². The van der Waals surface area contributed by atoms with Crippen LogP contribution in [0.4, 0.5) is 4.79 Å². The molecule has 0 aromatic rings. The summed E-state index contributed by atoms with van der Waals surface area (Å²) in [6.07, 6.45) is 6.08. The van der Waals surface area contributed by atoms with Gasteiger partial charge >= 0.3 is 6.03 Å². The van der Waals surface area contributed by atoms with Crippen LogP contribution in [0, 0.1) is 5.92 Å². The summed E-state index contributed by atoms with van der Waals surface area (Å²) in [6.45, 7) is 6.24. The zero-order valence-electron chi connectivity index (χ0n) is 11.2. The van der Waals surface area contributed by atoms with Crippen LogP contribution in [0.3, 0.4) is 0 Å². The number of nitrogens with two attached hydrogens (primary N) is 1. The topological polar surface area (TPSA) is 58.4 Å². The van der Waals surface area contributed by atoms with Gasteiger partial charge in [0.15, 0.2) is 0 Å². The standard InChI is InChI=1S/C13H27N3O/c1-3-16(10-11(2)9-14)13(17)15-12-7-5-4-6-8-12/h11-12H,3-10,14H2,1-2H3,(H,15,17). The molecule has 1 aliphatic carbocycles. The fourth-order valence-electron chi connectivity index (χ4n) is 2.32. The molecule has 4 nitrogen and oxygen atoms in total. The van der Waals surface area contributed by atoms with Gasteiger partial charge in [-0.15, -0.1) is 0 Å². The third-order valence-electron chi connectivity index (χ3n) is 3.54. The van der Waals surface area contributed by atoms with Crippen LogP contribution < -0.4 is 11.1 Å². The lowest BCUT2D eigenvalue weighted by atomic mass is 9.96. The van der Waals surface area contributed by atoms with Crippen molar-refractivity contribution in [3.05, 3.63) is 0 Å². The fraction of sp³-hybridized carbons (Fsp3) is 0.923. The molecular weight excluding hydrogens is 214 g/mol. The molecule has 0 heterocycles. The smallest absolute Gasteiger partial charge is 0.317 e. The van der Waals surface area contributed by atoms with Gasteiger partial charge in [-0.05, 0) is 32.2 Å². The first-order valence-electron chi connectivity index (χ1n) is 6.92. The second-order valence-corrected chi connectivity index (χ2v) is 5.16. The number of hydrogen-bond donors (Lipinski definition) is 2. The molecule has 1 aliphatic rings. The van der Waals surface area contributed by atoms with Crippen molar-refractivity contribution in [2.24, 2.45) is 11.7 Å². The van der Waals surface area contributed by atoms with E-state index >= 15 is 0 Å². The quantitative estimate of drug-likeness (QED) is 0.773. The van der Waals surface area contributed by atoms with E-state index < -0.39 is 0 Å². The fourth-order valence-corrected chi connectivity index (χ4v) is 2.32. The van der Waals surface area contributed by atoms with Gasteiger partial charge in [0.1, 0.15) is 0 Å². The first-order chi connectivity index (χ1) is 8.17. The van der Waals surface area contributed by atoms with Crippen LogP contribution in [-0.4, -0.2) is 36.6 Å². The van der Waals surface area contributed by atoms with Gasteiger partial charge in [0, 0.05) is 19.1 Å². The molecule has 1 rings (SSSR count). The van der Waals surface area contributed by atoms with Crippen LogP contribution in [-0.2, 0) is 0 Å². The molecule has 0 aromatic heterocycles. The SMILES string of the molecule is CCN(CC(C)CN)C(=O)NC1CCCCC1. The Hall–Kier alpha value is -0.770. The normalized spacial score (nSPS) is 18.8. The first kappa shape index (κ1) is 14.3. The number of hydrogen-bond acceptors (Lipinski definition) is 2. The minimum absolute atomic E-state index is 0.0831. The monoisotopic (exact) mass is 241 g/mol. The largest absolute Gasteiger partial charge is 0.335 e. The van der Waals surface area contributed by atoms with Crippen molar-refractivity contribution >= 4 is 6.03 Å². The molecule has 0 bridgehead atoms. The highest BCUT2D eigenvalue weighted by molar-refractivity contribution is 5.74. The lowest BCUT2D eigenvalue weighted by Gasteiger charge is -2.29. The van der Waals surface area contributed by atoms with Gasteiger partial charge in [-0.25, -0.2) is 4.79 Å². The van der Waals surface area contributed by atoms with Crippen LogP contribution >= 0.6 is 0 Å². The van der Waals surface area contributed by atoms with Gasteiger partial charge < -0.3 is 16.0 Å². The first-order valence-corrected chi connectivity index (χ1v) is 6.92. The maximum absolute atomic E-state index is 12.1. The van der Waals surface area contributed by atoms with E-state index in [0.29, 0.717) is 18.5 Å². The maximum atomic E-state index is 12.1. The summed E-state index contributed by atoms with van der Waals surface area (Å²) >= 11 is 0. The Morgan fingerprint density at radius 1 is 1.41 bits per heavy atom. The second-order valence-electron chi connectivity index (χ2n) is 5.16. The van der Waals surface area contributed by atoms with Crippen molar-refractivity contribution in [1.82, 2.24) is 10.2 Å². The molecule has 4 heteroatoms. The van der Waals surface area contributed by atoms with Crippen molar-refractivity contribution in [3.8, 4) is 0 Å². The molecule has 100 valence electrons. The molecule has 1 fully saturated rings. The van der Waals surface area contributed by atoms with Crippen molar-refractivity contribution < 1.29 is 4.79 Å². The summed E-state index contributed by atoms with van der Waals surface area (Å²) in [7, 11) is 0. The summed E-state index contributed by atoms with van der Waals surface area (Å²) in [5, 5.41) is 3.15. The number of rotatable bonds is 5. The van der Waals surface area contributed by atoms with E-state index in [1.54, 1.807) is 0 Å². The predicted molar refractivity (Wildman–Crippen MR) is 70.9 cm³/mol. The van der Waals surface area contributed by atoms with Gasteiger partial charge in [-0.3, -0.25) is 0 Å². The molecule has 1 unspecified atom stereocenters. The Morgan fingerprint density at radius 2 is 2.06 bits per heavy atom. The molecule has 0 saturated heterocycles. The van der Waals surface area contributed by atoms with Crippen molar-refractivity contribution in [3.63, 3.8) is 0 Å². The Morgan fingerprint density at radius 3 is 2.59 bits per heavy atom. The van der Waals surface area contributed by atoms with Crippen molar-refractivity contribution in [2.45, 2.75) is 52.0 Å². The third-order valence-corrected chi connectivity index (χ3v) is 3.54. The Kier molecular flexibility index (Phi) is 6.34. The summed E-state index contributed by atoms with van der Waals surface area (Å²) in [4.78, 5) is 13.9. The zero-order chi connectivity index (χ0) is 12.7. The molecule has 0 aromatic carbocycles. The Balaban J connectivity index is 2.36. The van der Waals surface area contributed by atoms with E-state index in [1.807, 2.05) is 11.8 Å². The van der Waals surface area contributed by atoms with Crippen LogP contribution in [0.25, 0.3) is 0 Å². The van der Waals surface area contributed by atoms with Crippen LogP contribution in [0.1, 0.15) is 46.0 Å². The molecule has 17 heavy (non-hydrogen) atoms. The van der Waals surface area contributed by atoms with E-state index in [2.05, 4.69) is 12.2 Å². The minimum Gasteiger partial charge on any atom is -0.335 e. The maximum Gasteiger partial charge on any atom is 0.317 e. The highest BCUT2D eigenvalue weighted by Gasteiger charge is 2.19. The number of urea groups is 1. The molecule has 2 amide bonds. The summed E-state index contributed by atoms with van der Waals surface area (Å²) in [5.41, 5.74) is 5.60. The average molecular weight is 241 g/mol. The van der Waals surface area contributed by atoms with E-state index in [1.165, 1.54) is 19.3 Å². The number of nitrogens with one attached hydrogen (secondary N) is 1. The van der Waals surface area contributed by atoms with E-state index in [0.717, 1.165) is 25.9 Å². The summed E-state index contributed by atoms with van der Waals surface area (Å²) in [5.74, 6) is 0.368. The number of carbonyl (C=O) groups excluding carboxylic acids is 1. The molecule has 3 N–H and O–H groups in total. The summed E-state index contributed by atoms with van der Waals surface area (Å²) in [6, 6.07) is 0.471. The number of amides is 2. The van der Waals surface area contributed by atoms with E-state index in [4.69, 9.17) is 5.73 Å². The zero-order valence-corrected chi connectivity index (χ0v) is 11.2. The van der Waals surface area contributed by atoms with Crippen LogP contribution in [0.2, 0.25) is 0 Å². The molecule has 1 atom stereocenters. The molecule has 1 saturated carbocycles. The Labute approximate surface area is 105 Å². The summed E-state index contributed by atoms with van der Waals surface area (Å²) < 4.78 is 0. The van der Waals surface area contributed by atoms with E-state index in [9.17, 15) is 4.79 Å². The molecular formula is C13H27N3O. The van der Waals surface area contributed by atoms with Crippen molar-refractivity contribution in [2.75, 3.05) is 19.6 Å². The van der Waals surface area contributed by atoms with Gasteiger partial charge in [0.25, 0.3) is 0 Å². The highest BCUT2D eigenvalue weighted by atomic mass is 16.2. The third kappa shape index (κ3) is 4.94. The van der Waals surface area contributed by atoms with Gasteiger partial charge in [-0.2, -0.15) is 0 Å². The lowest BCUT2D eigenvalue weighted by molar-refractivity contribution is 0.185. The molecule has 0 spiro atoms. The van der Waals surface area contributed by atoms with Crippen LogP contribution in [0.5, 0.6) is 0 Å². The van der Waals surface area contributed by atoms with E-state index in [-0.39, 0.29) is 6.03 Å². The van der Waals surface area contributed by atoms with Gasteiger partial charge in [0.05, 0.1) is 0 Å². The number of carbonyl (C=O) groups is 1. The predicted octanol–water partition coefficient (Wildman–Crippen LogP) is 1.95. The molecule has 0 aliphatic heterocycles. The van der Waals surface area contributed by atoms with Crippen LogP contribution in [0.15, 0.2) is 0 Å². The highest BCUT2D eigenvalue weighted by Crippen LogP contribution is 2.17. The van der Waals surface area contributed by atoms with Crippen molar-refractivity contribution in [1.29, 1.82) is 0 Å². The second kappa shape index (κ2) is 7.54. The lowest BCUT2D eigenvalue weighted by Crippen LogP contribution is -2.47. The van der Waals surface area contributed by atoms with Gasteiger partial charge in [0.2, 0.25) is 0 Å². The molecule has 0 radical (unpaired) electrons. The number of nitrogens with zero attached hydrogens (tertiary/aromatic N) is 1. The Bertz CT molecular complexity index is 227. The average Bonchev–Trinajstić information content (AvgIpc) is 2.36. The minimum atomic E-state index is 0.0831.